The Bertz CT molecular complexity index is 411. The molecule has 0 spiro atoms. The largest absolute Gasteiger partial charge is 0.488 e. The van der Waals surface area contributed by atoms with Gasteiger partial charge in [-0.15, -0.1) is 11.6 Å². The summed E-state index contributed by atoms with van der Waals surface area (Å²) in [6, 6.07) is 6.00. The van der Waals surface area contributed by atoms with E-state index in [1.165, 1.54) is 5.56 Å². The maximum Gasteiger partial charge on any atom is 0.128 e. The van der Waals surface area contributed by atoms with Gasteiger partial charge < -0.3 is 9.47 Å². The minimum atomic E-state index is 0.0237. The Kier molecular flexibility index (Phi) is 4.93. The molecule has 0 aliphatic heterocycles. The summed E-state index contributed by atoms with van der Waals surface area (Å²) in [6.45, 7) is 4.89. The van der Waals surface area contributed by atoms with Gasteiger partial charge in [0.15, 0.2) is 0 Å². The van der Waals surface area contributed by atoms with Crippen LogP contribution in [0.15, 0.2) is 22.7 Å². The maximum atomic E-state index is 6.16. The summed E-state index contributed by atoms with van der Waals surface area (Å²) >= 11 is 9.64. The number of aryl methyl sites for hydroxylation is 1. The minimum Gasteiger partial charge on any atom is -0.488 e. The zero-order valence-corrected chi connectivity index (χ0v) is 13.0. The van der Waals surface area contributed by atoms with Crippen LogP contribution in [0.1, 0.15) is 25.3 Å². The van der Waals surface area contributed by atoms with Crippen molar-refractivity contribution in [2.75, 3.05) is 6.61 Å². The molecule has 0 amide bonds. The highest BCUT2D eigenvalue weighted by atomic mass is 79.9. The SMILES string of the molecule is CCCOC1C(Cl)CC1Oc1ccc(Br)c(C)c1. The highest BCUT2D eigenvalue weighted by molar-refractivity contribution is 9.10. The average molecular weight is 334 g/mol. The Balaban J connectivity index is 1.94. The van der Waals surface area contributed by atoms with Crippen molar-refractivity contribution in [1.82, 2.24) is 0 Å². The van der Waals surface area contributed by atoms with Crippen LogP contribution in [0, 0.1) is 6.92 Å². The number of benzene rings is 1. The van der Waals surface area contributed by atoms with E-state index in [2.05, 4.69) is 22.9 Å². The molecular formula is C14H18BrClO2. The fourth-order valence-corrected chi connectivity index (χ4v) is 2.63. The molecular weight excluding hydrogens is 316 g/mol. The van der Waals surface area contributed by atoms with Gasteiger partial charge in [-0.1, -0.05) is 22.9 Å². The minimum absolute atomic E-state index is 0.0237. The molecule has 18 heavy (non-hydrogen) atoms. The summed E-state index contributed by atoms with van der Waals surface area (Å²) in [7, 11) is 0. The van der Waals surface area contributed by atoms with Crippen LogP contribution in [-0.2, 0) is 4.74 Å². The van der Waals surface area contributed by atoms with E-state index in [0.29, 0.717) is 0 Å². The number of alkyl halides is 1. The van der Waals surface area contributed by atoms with Crippen molar-refractivity contribution in [2.45, 2.75) is 44.3 Å². The van der Waals surface area contributed by atoms with Gasteiger partial charge in [-0.25, -0.2) is 0 Å². The van der Waals surface area contributed by atoms with Crippen LogP contribution in [-0.4, -0.2) is 24.2 Å². The molecule has 1 saturated carbocycles. The topological polar surface area (TPSA) is 18.5 Å². The van der Waals surface area contributed by atoms with E-state index >= 15 is 0 Å². The van der Waals surface area contributed by atoms with Crippen LogP contribution in [0.25, 0.3) is 0 Å². The lowest BCUT2D eigenvalue weighted by molar-refractivity contribution is -0.0797. The first-order valence-corrected chi connectivity index (χ1v) is 7.53. The van der Waals surface area contributed by atoms with Gasteiger partial charge in [-0.3, -0.25) is 0 Å². The summed E-state index contributed by atoms with van der Waals surface area (Å²) in [5.41, 5.74) is 1.17. The van der Waals surface area contributed by atoms with Gasteiger partial charge in [0.1, 0.15) is 18.0 Å². The van der Waals surface area contributed by atoms with Gasteiger partial charge in [0.05, 0.1) is 5.38 Å². The van der Waals surface area contributed by atoms with E-state index in [0.717, 1.165) is 29.7 Å². The number of ether oxygens (including phenoxy) is 2. The summed E-state index contributed by atoms with van der Waals surface area (Å²) in [5.74, 6) is 0.884. The summed E-state index contributed by atoms with van der Waals surface area (Å²) in [4.78, 5) is 0. The molecule has 0 aromatic heterocycles. The molecule has 1 aromatic carbocycles. The molecule has 0 bridgehead atoms. The maximum absolute atomic E-state index is 6.16. The van der Waals surface area contributed by atoms with Gasteiger partial charge >= 0.3 is 0 Å². The van der Waals surface area contributed by atoms with Crippen LogP contribution in [0.5, 0.6) is 5.75 Å². The number of hydrogen-bond acceptors (Lipinski definition) is 2. The molecule has 2 rings (SSSR count). The van der Waals surface area contributed by atoms with Gasteiger partial charge in [-0.2, -0.15) is 0 Å². The fraction of sp³-hybridized carbons (Fsp3) is 0.571. The third-order valence-corrected chi connectivity index (χ3v) is 4.43. The second-order valence-electron chi connectivity index (χ2n) is 4.65. The summed E-state index contributed by atoms with van der Waals surface area (Å²) < 4.78 is 12.7. The Morgan fingerprint density at radius 1 is 1.44 bits per heavy atom. The average Bonchev–Trinajstić information content (AvgIpc) is 2.33. The monoisotopic (exact) mass is 332 g/mol. The molecule has 0 heterocycles. The van der Waals surface area contributed by atoms with Crippen LogP contribution in [0.4, 0.5) is 0 Å². The van der Waals surface area contributed by atoms with Gasteiger partial charge in [0.25, 0.3) is 0 Å². The van der Waals surface area contributed by atoms with Crippen molar-refractivity contribution in [2.24, 2.45) is 0 Å². The lowest BCUT2D eigenvalue weighted by Crippen LogP contribution is -2.52. The van der Waals surface area contributed by atoms with E-state index in [4.69, 9.17) is 21.1 Å². The van der Waals surface area contributed by atoms with Crippen LogP contribution >= 0.6 is 27.5 Å². The van der Waals surface area contributed by atoms with Crippen molar-refractivity contribution < 1.29 is 9.47 Å². The zero-order chi connectivity index (χ0) is 13.1. The molecule has 0 saturated heterocycles. The second-order valence-corrected chi connectivity index (χ2v) is 6.07. The van der Waals surface area contributed by atoms with Crippen LogP contribution in [0.3, 0.4) is 0 Å². The third-order valence-electron chi connectivity index (χ3n) is 3.11. The lowest BCUT2D eigenvalue weighted by atomic mass is 9.91. The Hall–Kier alpha value is -0.250. The van der Waals surface area contributed by atoms with Gasteiger partial charge in [0, 0.05) is 17.5 Å². The lowest BCUT2D eigenvalue weighted by Gasteiger charge is -2.40. The van der Waals surface area contributed by atoms with Gasteiger partial charge in [0.2, 0.25) is 0 Å². The summed E-state index contributed by atoms with van der Waals surface area (Å²) in [6.07, 6.45) is 1.96. The molecule has 3 unspecified atom stereocenters. The van der Waals surface area contributed by atoms with Crippen molar-refractivity contribution in [1.29, 1.82) is 0 Å². The molecule has 2 nitrogen and oxygen atoms in total. The first-order chi connectivity index (χ1) is 8.61. The first-order valence-electron chi connectivity index (χ1n) is 6.30. The predicted molar refractivity (Wildman–Crippen MR) is 77.6 cm³/mol. The summed E-state index contributed by atoms with van der Waals surface area (Å²) in [5, 5.41) is 0.0816. The third kappa shape index (κ3) is 3.19. The van der Waals surface area contributed by atoms with E-state index < -0.39 is 0 Å². The first kappa shape index (κ1) is 14.2. The molecule has 1 aliphatic rings. The van der Waals surface area contributed by atoms with Crippen LogP contribution in [0.2, 0.25) is 0 Å². The number of hydrogen-bond donors (Lipinski definition) is 0. The second kappa shape index (κ2) is 6.27. The highest BCUT2D eigenvalue weighted by Crippen LogP contribution is 2.34. The normalized spacial score (nSPS) is 26.8. The van der Waals surface area contributed by atoms with Crippen molar-refractivity contribution >= 4 is 27.5 Å². The molecule has 3 atom stereocenters. The van der Waals surface area contributed by atoms with Gasteiger partial charge in [-0.05, 0) is 37.1 Å². The quantitative estimate of drug-likeness (QED) is 0.748. The molecule has 100 valence electrons. The molecule has 0 radical (unpaired) electrons. The number of rotatable bonds is 5. The van der Waals surface area contributed by atoms with E-state index in [-0.39, 0.29) is 17.6 Å². The van der Waals surface area contributed by atoms with Crippen molar-refractivity contribution in [3.63, 3.8) is 0 Å². The van der Waals surface area contributed by atoms with E-state index in [1.807, 2.05) is 25.1 Å². The highest BCUT2D eigenvalue weighted by Gasteiger charge is 2.42. The Morgan fingerprint density at radius 3 is 2.83 bits per heavy atom. The molecule has 4 heteroatoms. The zero-order valence-electron chi connectivity index (χ0n) is 10.7. The molecule has 0 N–H and O–H groups in total. The smallest absolute Gasteiger partial charge is 0.128 e. The van der Waals surface area contributed by atoms with E-state index in [9.17, 15) is 0 Å². The van der Waals surface area contributed by atoms with Crippen molar-refractivity contribution in [3.8, 4) is 5.75 Å². The fourth-order valence-electron chi connectivity index (χ4n) is 1.97. The van der Waals surface area contributed by atoms with E-state index in [1.54, 1.807) is 0 Å². The molecule has 1 aliphatic carbocycles. The van der Waals surface area contributed by atoms with Crippen LogP contribution < -0.4 is 4.74 Å². The number of halogens is 2. The molecule has 1 aromatic rings. The van der Waals surface area contributed by atoms with Crippen molar-refractivity contribution in [3.05, 3.63) is 28.2 Å². The molecule has 1 fully saturated rings. The Labute approximate surface area is 122 Å². The Morgan fingerprint density at radius 2 is 2.22 bits per heavy atom. The standard InChI is InChI=1S/C14H18BrClO2/c1-3-6-17-14-12(16)8-13(14)18-10-4-5-11(15)9(2)7-10/h4-5,7,12-14H,3,6,8H2,1-2H3. The predicted octanol–water partition coefficient (Wildman–Crippen LogP) is 4.31.